The fraction of sp³-hybridized carbons (Fsp3) is 0.333. The van der Waals surface area contributed by atoms with E-state index >= 15 is 0 Å². The smallest absolute Gasteiger partial charge is 0.240 e. The Bertz CT molecular complexity index is 847. The molecule has 1 saturated heterocycles. The number of benzene rings is 2. The fourth-order valence-electron chi connectivity index (χ4n) is 2.94. The summed E-state index contributed by atoms with van der Waals surface area (Å²) < 4.78 is 33.5. The topological polar surface area (TPSA) is 67.4 Å². The van der Waals surface area contributed by atoms with Crippen molar-refractivity contribution in [2.24, 2.45) is 0 Å². The van der Waals surface area contributed by atoms with Crippen LogP contribution in [0.5, 0.6) is 0 Å². The van der Waals surface area contributed by atoms with Crippen molar-refractivity contribution in [3.05, 3.63) is 64.1 Å². The monoisotopic (exact) mass is 414 g/mol. The first-order valence-electron chi connectivity index (χ1n) is 8.29. The van der Waals surface area contributed by atoms with Crippen molar-refractivity contribution in [3.8, 4) is 0 Å². The minimum atomic E-state index is -3.59. The second kappa shape index (κ2) is 8.69. The molecule has 0 amide bonds. The largest absolute Gasteiger partial charge is 0.375 e. The number of rotatable bonds is 5. The molecule has 8 heteroatoms. The van der Waals surface area contributed by atoms with Crippen LogP contribution in [0, 0.1) is 0 Å². The van der Waals surface area contributed by atoms with E-state index in [-0.39, 0.29) is 23.5 Å². The van der Waals surface area contributed by atoms with E-state index in [1.165, 1.54) is 0 Å². The van der Waals surface area contributed by atoms with Gasteiger partial charge in [0.05, 0.1) is 27.7 Å². The number of hydrogen-bond acceptors (Lipinski definition) is 4. The van der Waals surface area contributed by atoms with E-state index in [1.54, 1.807) is 36.4 Å². The summed E-state index contributed by atoms with van der Waals surface area (Å²) in [6.07, 6.45) is -0.319. The van der Waals surface area contributed by atoms with E-state index in [0.717, 1.165) is 5.56 Å². The van der Waals surface area contributed by atoms with E-state index in [4.69, 9.17) is 27.9 Å². The van der Waals surface area contributed by atoms with Crippen molar-refractivity contribution >= 4 is 33.2 Å². The fourth-order valence-corrected chi connectivity index (χ4v) is 4.31. The molecular formula is C18H20Cl2N2O3S. The molecule has 0 bridgehead atoms. The summed E-state index contributed by atoms with van der Waals surface area (Å²) in [4.78, 5) is 0.234. The third-order valence-corrected chi connectivity index (χ3v) is 6.50. The molecule has 0 radical (unpaired) electrons. The zero-order valence-electron chi connectivity index (χ0n) is 14.0. The standard InChI is InChI=1S/C18H20Cl2N2O3S/c19-16-7-6-13(10-17(16)20)15-11-21-8-9-25-18(15)12-22-26(23,24)14-4-2-1-3-5-14/h1-7,10,15,18,21-22H,8-9,11-12H2/t15-,18+/m1/s1. The molecular weight excluding hydrogens is 395 g/mol. The maximum atomic E-state index is 12.5. The van der Waals surface area contributed by atoms with E-state index in [1.807, 2.05) is 12.1 Å². The molecule has 2 N–H and O–H groups in total. The van der Waals surface area contributed by atoms with Gasteiger partial charge < -0.3 is 10.1 Å². The van der Waals surface area contributed by atoms with Crippen molar-refractivity contribution in [1.29, 1.82) is 0 Å². The third kappa shape index (κ3) is 4.76. The first-order valence-corrected chi connectivity index (χ1v) is 10.5. The van der Waals surface area contributed by atoms with Gasteiger partial charge >= 0.3 is 0 Å². The molecule has 1 heterocycles. The predicted octanol–water partition coefficient (Wildman–Crippen LogP) is 3.04. The highest BCUT2D eigenvalue weighted by atomic mass is 35.5. The van der Waals surface area contributed by atoms with Gasteiger partial charge in [-0.3, -0.25) is 0 Å². The molecule has 2 aromatic rings. The number of nitrogens with one attached hydrogen (secondary N) is 2. The first kappa shape index (κ1) is 19.6. The molecule has 1 fully saturated rings. The Hall–Kier alpha value is -1.15. The molecule has 5 nitrogen and oxygen atoms in total. The lowest BCUT2D eigenvalue weighted by molar-refractivity contribution is 0.0560. The molecule has 0 aliphatic carbocycles. The molecule has 140 valence electrons. The van der Waals surface area contributed by atoms with Crippen molar-refractivity contribution < 1.29 is 13.2 Å². The Balaban J connectivity index is 1.78. The average Bonchev–Trinajstić information content (AvgIpc) is 2.89. The lowest BCUT2D eigenvalue weighted by Crippen LogP contribution is -2.38. The molecule has 0 aromatic heterocycles. The van der Waals surface area contributed by atoms with Crippen molar-refractivity contribution in [2.75, 3.05) is 26.2 Å². The molecule has 1 aliphatic rings. The zero-order chi connectivity index (χ0) is 18.6. The highest BCUT2D eigenvalue weighted by Crippen LogP contribution is 2.29. The number of ether oxygens (including phenoxy) is 1. The average molecular weight is 415 g/mol. The number of hydrogen-bond donors (Lipinski definition) is 2. The molecule has 0 spiro atoms. The summed E-state index contributed by atoms with van der Waals surface area (Å²) in [6.45, 7) is 2.05. The number of halogens is 2. The maximum absolute atomic E-state index is 12.5. The molecule has 2 aromatic carbocycles. The van der Waals surface area contributed by atoms with Crippen LogP contribution in [-0.4, -0.2) is 40.8 Å². The Labute approximate surface area is 163 Å². The second-order valence-electron chi connectivity index (χ2n) is 6.06. The van der Waals surface area contributed by atoms with E-state index in [0.29, 0.717) is 29.7 Å². The van der Waals surface area contributed by atoms with Crippen LogP contribution < -0.4 is 10.0 Å². The van der Waals surface area contributed by atoms with Crippen molar-refractivity contribution in [2.45, 2.75) is 16.9 Å². The molecule has 2 atom stereocenters. The van der Waals surface area contributed by atoms with Crippen LogP contribution in [0.25, 0.3) is 0 Å². The van der Waals surface area contributed by atoms with Crippen LogP contribution in [0.2, 0.25) is 10.0 Å². The molecule has 3 rings (SSSR count). The van der Waals surface area contributed by atoms with Crippen LogP contribution >= 0.6 is 23.2 Å². The van der Waals surface area contributed by atoms with E-state index < -0.39 is 10.0 Å². The Kier molecular flexibility index (Phi) is 6.55. The molecule has 0 unspecified atom stereocenters. The van der Waals surface area contributed by atoms with Gasteiger partial charge in [0.1, 0.15) is 0 Å². The lowest BCUT2D eigenvalue weighted by Gasteiger charge is -2.25. The second-order valence-corrected chi connectivity index (χ2v) is 8.64. The Morgan fingerprint density at radius 2 is 1.88 bits per heavy atom. The highest BCUT2D eigenvalue weighted by molar-refractivity contribution is 7.89. The molecule has 26 heavy (non-hydrogen) atoms. The third-order valence-electron chi connectivity index (χ3n) is 4.32. The minimum Gasteiger partial charge on any atom is -0.375 e. The predicted molar refractivity (Wildman–Crippen MR) is 103 cm³/mol. The Morgan fingerprint density at radius 3 is 2.62 bits per heavy atom. The SMILES string of the molecule is O=S(=O)(NC[C@@H]1OCCNC[C@@H]1c1ccc(Cl)c(Cl)c1)c1ccccc1. The van der Waals surface area contributed by atoms with E-state index in [2.05, 4.69) is 10.0 Å². The minimum absolute atomic E-state index is 0.0502. The van der Waals surface area contributed by atoms with Gasteiger partial charge in [-0.05, 0) is 29.8 Å². The molecule has 0 saturated carbocycles. The molecule has 1 aliphatic heterocycles. The summed E-state index contributed by atoms with van der Waals surface area (Å²) in [5.41, 5.74) is 0.956. The van der Waals surface area contributed by atoms with Crippen LogP contribution in [0.3, 0.4) is 0 Å². The Morgan fingerprint density at radius 1 is 1.12 bits per heavy atom. The maximum Gasteiger partial charge on any atom is 0.240 e. The van der Waals surface area contributed by atoms with Gasteiger partial charge in [-0.25, -0.2) is 13.1 Å². The van der Waals surface area contributed by atoms with E-state index in [9.17, 15) is 8.42 Å². The summed E-state index contributed by atoms with van der Waals surface area (Å²) in [6, 6.07) is 13.7. The van der Waals surface area contributed by atoms with Crippen LogP contribution in [0.15, 0.2) is 53.4 Å². The summed E-state index contributed by atoms with van der Waals surface area (Å²) in [7, 11) is -3.59. The van der Waals surface area contributed by atoms with Gasteiger partial charge in [0.25, 0.3) is 0 Å². The van der Waals surface area contributed by atoms with Gasteiger partial charge in [0, 0.05) is 25.6 Å². The highest BCUT2D eigenvalue weighted by Gasteiger charge is 2.28. The normalized spacial score (nSPS) is 21.3. The summed E-state index contributed by atoms with van der Waals surface area (Å²) in [5, 5.41) is 4.27. The van der Waals surface area contributed by atoms with Gasteiger partial charge in [-0.2, -0.15) is 0 Å². The summed E-state index contributed by atoms with van der Waals surface area (Å²) in [5.74, 6) is -0.0502. The van der Waals surface area contributed by atoms with Crippen LogP contribution in [0.1, 0.15) is 11.5 Å². The zero-order valence-corrected chi connectivity index (χ0v) is 16.3. The van der Waals surface area contributed by atoms with Gasteiger partial charge in [0.15, 0.2) is 0 Å². The van der Waals surface area contributed by atoms with Gasteiger partial charge in [-0.15, -0.1) is 0 Å². The quantitative estimate of drug-likeness (QED) is 0.788. The summed E-state index contributed by atoms with van der Waals surface area (Å²) >= 11 is 12.2. The van der Waals surface area contributed by atoms with Crippen LogP contribution in [0.4, 0.5) is 0 Å². The number of sulfonamides is 1. The van der Waals surface area contributed by atoms with Gasteiger partial charge in [0.2, 0.25) is 10.0 Å². The van der Waals surface area contributed by atoms with Gasteiger partial charge in [-0.1, -0.05) is 47.5 Å². The van der Waals surface area contributed by atoms with Crippen molar-refractivity contribution in [1.82, 2.24) is 10.0 Å². The van der Waals surface area contributed by atoms with Crippen LogP contribution in [-0.2, 0) is 14.8 Å². The lowest BCUT2D eigenvalue weighted by atomic mass is 9.93. The first-order chi connectivity index (χ1) is 12.5. The van der Waals surface area contributed by atoms with Crippen molar-refractivity contribution in [3.63, 3.8) is 0 Å².